The third kappa shape index (κ3) is 38.4. The normalized spacial score (nSPS) is 9.13. The van der Waals surface area contributed by atoms with E-state index in [1.165, 1.54) is 103 Å². The van der Waals surface area contributed by atoms with Crippen molar-refractivity contribution in [2.24, 2.45) is 5.73 Å². The maximum atomic E-state index is 5.48. The van der Waals surface area contributed by atoms with E-state index in [-0.39, 0.29) is 171 Å². The van der Waals surface area contributed by atoms with Crippen molar-refractivity contribution in [1.82, 2.24) is 0 Å². The molecule has 0 unspecified atom stereocenters. The first-order chi connectivity index (χ1) is 9.41. The van der Waals surface area contributed by atoms with Crippen molar-refractivity contribution >= 4 is 12.4 Å². The van der Waals surface area contributed by atoms with Crippen molar-refractivity contribution in [3.63, 3.8) is 0 Å². The smallest absolute Gasteiger partial charge is 1.00 e. The van der Waals surface area contributed by atoms with Gasteiger partial charge in [-0.3, -0.25) is 0 Å². The zero-order chi connectivity index (χ0) is 14.0. The second kappa shape index (κ2) is 37.8. The Hall–Kier alpha value is 5.16. The van der Waals surface area contributed by atoms with Gasteiger partial charge in [-0.05, 0) is 13.0 Å². The molecule has 0 aromatic rings. The molecule has 5 heteroatoms. The van der Waals surface area contributed by atoms with Crippen LogP contribution in [0.25, 0.3) is 0 Å². The van der Waals surface area contributed by atoms with Gasteiger partial charge in [-0.2, -0.15) is 0 Å². The molecule has 23 heavy (non-hydrogen) atoms. The number of rotatable bonds is 16. The van der Waals surface area contributed by atoms with Gasteiger partial charge in [0.1, 0.15) is 0 Å². The van der Waals surface area contributed by atoms with Crippen molar-refractivity contribution in [2.75, 3.05) is 6.54 Å². The van der Waals surface area contributed by atoms with Gasteiger partial charge in [0.25, 0.3) is 0 Å². The third-order valence-electron chi connectivity index (χ3n) is 4.06. The molecule has 0 spiro atoms. The van der Waals surface area contributed by atoms with E-state index in [4.69, 9.17) is 5.73 Å². The number of halogens is 1. The molecule has 0 aromatic carbocycles. The van der Waals surface area contributed by atoms with Crippen LogP contribution in [0.2, 0.25) is 0 Å². The van der Waals surface area contributed by atoms with Gasteiger partial charge >= 0.3 is 154 Å². The van der Waals surface area contributed by atoms with Crippen LogP contribution in [0.1, 0.15) is 114 Å². The quantitative estimate of drug-likeness (QED) is 0.224. The average molecular weight is 426 g/mol. The minimum absolute atomic E-state index is 0. The van der Waals surface area contributed by atoms with Crippen LogP contribution in [-0.4, -0.2) is 6.54 Å². The Morgan fingerprint density at radius 1 is 0.478 bits per heavy atom. The van der Waals surface area contributed by atoms with Crippen molar-refractivity contribution in [3.8, 4) is 0 Å². The second-order valence-electron chi connectivity index (χ2n) is 6.09. The van der Waals surface area contributed by atoms with Gasteiger partial charge in [0.05, 0.1) is 0 Å². The van der Waals surface area contributed by atoms with Crippen LogP contribution in [0.5, 0.6) is 0 Å². The summed E-state index contributed by atoms with van der Waals surface area (Å²) in [5.74, 6) is 0. The molecule has 0 bridgehead atoms. The SMILES string of the molecule is CCCCCCCCCCCCCCCCCCN.Cl.[H-].[H-].[H-].[K+].[K+].[K+]. The Morgan fingerprint density at radius 2 is 0.696 bits per heavy atom. The van der Waals surface area contributed by atoms with Crippen LogP contribution in [0, 0.1) is 0 Å². The third-order valence-corrected chi connectivity index (χ3v) is 4.06. The average Bonchev–Trinajstić information content (AvgIpc) is 2.43. The van der Waals surface area contributed by atoms with Gasteiger partial charge in [0.15, 0.2) is 0 Å². The minimum atomic E-state index is 0. The van der Waals surface area contributed by atoms with Crippen molar-refractivity contribution in [2.45, 2.75) is 110 Å². The van der Waals surface area contributed by atoms with E-state index >= 15 is 0 Å². The van der Waals surface area contributed by atoms with E-state index in [1.54, 1.807) is 0 Å². The summed E-state index contributed by atoms with van der Waals surface area (Å²) in [5.41, 5.74) is 5.48. The Labute approximate surface area is 286 Å². The maximum absolute atomic E-state index is 5.48. The Morgan fingerprint density at radius 3 is 0.913 bits per heavy atom. The van der Waals surface area contributed by atoms with Gasteiger partial charge in [0, 0.05) is 0 Å². The number of hydrogen-bond acceptors (Lipinski definition) is 1. The van der Waals surface area contributed by atoms with E-state index in [1.807, 2.05) is 0 Å². The van der Waals surface area contributed by atoms with E-state index in [9.17, 15) is 0 Å². The molecule has 0 atom stereocenters. The molecular formula is C18H43ClK3N. The van der Waals surface area contributed by atoms with Crippen LogP contribution < -0.4 is 160 Å². The first kappa shape index (κ1) is 38.7. The van der Waals surface area contributed by atoms with E-state index < -0.39 is 0 Å². The first-order valence-electron chi connectivity index (χ1n) is 9.12. The molecule has 0 saturated heterocycles. The largest absolute Gasteiger partial charge is 1.00 e. The van der Waals surface area contributed by atoms with Crippen LogP contribution >= 0.6 is 12.4 Å². The molecule has 0 heterocycles. The predicted molar refractivity (Wildman–Crippen MR) is 99.2 cm³/mol. The fourth-order valence-corrected chi connectivity index (χ4v) is 2.69. The van der Waals surface area contributed by atoms with Gasteiger partial charge in [-0.15, -0.1) is 12.4 Å². The fraction of sp³-hybridized carbons (Fsp3) is 1.00. The van der Waals surface area contributed by atoms with Gasteiger partial charge in [-0.25, -0.2) is 0 Å². The first-order valence-corrected chi connectivity index (χ1v) is 9.12. The molecule has 0 aliphatic rings. The van der Waals surface area contributed by atoms with E-state index in [2.05, 4.69) is 6.92 Å². The Bertz CT molecular complexity index is 161. The molecular weight excluding hydrogens is 383 g/mol. The Kier molecular flexibility index (Phi) is 63.7. The van der Waals surface area contributed by atoms with Gasteiger partial charge < -0.3 is 10.0 Å². The summed E-state index contributed by atoms with van der Waals surface area (Å²) in [6.07, 6.45) is 22.9. The molecule has 0 rings (SSSR count). The van der Waals surface area contributed by atoms with E-state index in [0.717, 1.165) is 6.54 Å². The number of hydrogen-bond donors (Lipinski definition) is 1. The summed E-state index contributed by atoms with van der Waals surface area (Å²) in [7, 11) is 0. The molecule has 2 N–H and O–H groups in total. The fourth-order valence-electron chi connectivity index (χ4n) is 2.69. The monoisotopic (exact) mass is 425 g/mol. The summed E-state index contributed by atoms with van der Waals surface area (Å²) in [5, 5.41) is 0. The molecule has 1 nitrogen and oxygen atoms in total. The summed E-state index contributed by atoms with van der Waals surface area (Å²) in [6, 6.07) is 0. The zero-order valence-corrected chi connectivity index (χ0v) is 27.2. The van der Waals surface area contributed by atoms with Crippen molar-refractivity contribution in [3.05, 3.63) is 0 Å². The molecule has 0 aliphatic carbocycles. The summed E-state index contributed by atoms with van der Waals surface area (Å²) in [4.78, 5) is 0. The zero-order valence-electron chi connectivity index (χ0n) is 20.0. The van der Waals surface area contributed by atoms with Crippen LogP contribution in [0.15, 0.2) is 0 Å². The second-order valence-corrected chi connectivity index (χ2v) is 6.09. The molecule has 0 radical (unpaired) electrons. The van der Waals surface area contributed by atoms with Crippen molar-refractivity contribution < 1.29 is 158 Å². The molecule has 0 aromatic heterocycles. The number of nitrogens with two attached hydrogens (primary N) is 1. The summed E-state index contributed by atoms with van der Waals surface area (Å²) < 4.78 is 0. The molecule has 0 saturated carbocycles. The topological polar surface area (TPSA) is 26.0 Å². The molecule has 0 aliphatic heterocycles. The van der Waals surface area contributed by atoms with Crippen LogP contribution in [-0.2, 0) is 0 Å². The van der Waals surface area contributed by atoms with Crippen LogP contribution in [0.4, 0.5) is 0 Å². The standard InChI is InChI=1S/C18H39N.ClH.3K.3H/c1-2-3-4-5-6-7-8-9-10-11-12-13-14-15-16-17-18-19;;;;;;;/h2-19H2,1H3;1H;;;;;;/q;;3*+1;3*-1. The predicted octanol–water partition coefficient (Wildman–Crippen LogP) is -2.02. The molecule has 0 amide bonds. The maximum Gasteiger partial charge on any atom is 1.00 e. The van der Waals surface area contributed by atoms with Gasteiger partial charge in [0.2, 0.25) is 0 Å². The van der Waals surface area contributed by atoms with E-state index in [0.29, 0.717) is 0 Å². The van der Waals surface area contributed by atoms with Crippen LogP contribution in [0.3, 0.4) is 0 Å². The Balaban J connectivity index is -0.0000000771. The molecule has 0 fully saturated rings. The minimum Gasteiger partial charge on any atom is -1.00 e. The number of unbranched alkanes of at least 4 members (excludes halogenated alkanes) is 15. The summed E-state index contributed by atoms with van der Waals surface area (Å²) >= 11 is 0. The molecule has 130 valence electrons. The van der Waals surface area contributed by atoms with Crippen molar-refractivity contribution in [1.29, 1.82) is 0 Å². The summed E-state index contributed by atoms with van der Waals surface area (Å²) in [6.45, 7) is 3.16. The van der Waals surface area contributed by atoms with Gasteiger partial charge in [-0.1, -0.05) is 103 Å².